The van der Waals surface area contributed by atoms with Gasteiger partial charge in [-0.3, -0.25) is 9.69 Å². The summed E-state index contributed by atoms with van der Waals surface area (Å²) < 4.78 is 5.88. The summed E-state index contributed by atoms with van der Waals surface area (Å²) in [6, 6.07) is 12.4. The maximum absolute atomic E-state index is 13.1. The Kier molecular flexibility index (Phi) is 5.46. The second kappa shape index (κ2) is 8.55. The van der Waals surface area contributed by atoms with Gasteiger partial charge in [0, 0.05) is 44.8 Å². The number of aromatic nitrogens is 2. The van der Waals surface area contributed by atoms with Crippen LogP contribution in [0.25, 0.3) is 11.1 Å². The van der Waals surface area contributed by atoms with Crippen LogP contribution in [-0.2, 0) is 11.3 Å². The van der Waals surface area contributed by atoms with Gasteiger partial charge in [0.05, 0.1) is 0 Å². The molecule has 2 fully saturated rings. The Morgan fingerprint density at radius 1 is 1.06 bits per heavy atom. The summed E-state index contributed by atoms with van der Waals surface area (Å²) in [6.45, 7) is 5.66. The Morgan fingerprint density at radius 3 is 2.58 bits per heavy atom. The van der Waals surface area contributed by atoms with E-state index in [1.54, 1.807) is 6.20 Å². The smallest absolute Gasteiger partial charge is 0.298 e. The summed E-state index contributed by atoms with van der Waals surface area (Å²) in [5.74, 6) is 0.971. The molecule has 8 nitrogen and oxygen atoms in total. The van der Waals surface area contributed by atoms with E-state index in [4.69, 9.17) is 10.2 Å². The van der Waals surface area contributed by atoms with Gasteiger partial charge in [-0.05, 0) is 55.8 Å². The molecule has 2 aliphatic rings. The van der Waals surface area contributed by atoms with Crippen molar-refractivity contribution in [2.24, 2.45) is 5.92 Å². The third-order valence-corrected chi connectivity index (χ3v) is 6.33. The molecule has 0 aliphatic carbocycles. The van der Waals surface area contributed by atoms with Crippen molar-refractivity contribution in [3.63, 3.8) is 0 Å². The van der Waals surface area contributed by atoms with Gasteiger partial charge >= 0.3 is 0 Å². The number of nitrogens with zero attached hydrogens (tertiary/aromatic N) is 5. The number of pyridine rings is 1. The Hall–Kier alpha value is -3.13. The summed E-state index contributed by atoms with van der Waals surface area (Å²) in [7, 11) is 0. The lowest BCUT2D eigenvalue weighted by Gasteiger charge is -2.38. The number of carbonyl (C=O) groups excluding carboxylic acids is 1. The molecular weight excluding hydrogens is 392 g/mol. The number of amides is 1. The van der Waals surface area contributed by atoms with Crippen molar-refractivity contribution in [1.82, 2.24) is 19.8 Å². The summed E-state index contributed by atoms with van der Waals surface area (Å²) >= 11 is 0. The molecule has 2 saturated heterocycles. The van der Waals surface area contributed by atoms with Gasteiger partial charge in [-0.25, -0.2) is 4.98 Å². The molecule has 3 aromatic rings. The van der Waals surface area contributed by atoms with Gasteiger partial charge in [-0.15, -0.1) is 0 Å². The van der Waals surface area contributed by atoms with E-state index < -0.39 is 0 Å². The lowest BCUT2D eigenvalue weighted by atomic mass is 9.94. The predicted octanol–water partition coefficient (Wildman–Crippen LogP) is 2.37. The fourth-order valence-electron chi connectivity index (χ4n) is 4.56. The molecule has 4 heterocycles. The number of nitrogen functional groups attached to an aromatic ring is 1. The molecular formula is C23H28N6O2. The van der Waals surface area contributed by atoms with E-state index in [0.29, 0.717) is 30.8 Å². The van der Waals surface area contributed by atoms with Crippen molar-refractivity contribution in [2.45, 2.75) is 19.4 Å². The highest BCUT2D eigenvalue weighted by atomic mass is 16.4. The fourth-order valence-corrected chi connectivity index (χ4v) is 4.56. The van der Waals surface area contributed by atoms with Crippen LogP contribution in [0.5, 0.6) is 0 Å². The molecule has 31 heavy (non-hydrogen) atoms. The van der Waals surface area contributed by atoms with Gasteiger partial charge in [0.1, 0.15) is 11.3 Å². The fraction of sp³-hybridized carbons (Fsp3) is 0.435. The Morgan fingerprint density at radius 2 is 1.84 bits per heavy atom. The van der Waals surface area contributed by atoms with Crippen LogP contribution >= 0.6 is 0 Å². The highest BCUT2D eigenvalue weighted by molar-refractivity contribution is 5.79. The monoisotopic (exact) mass is 420 g/mol. The third-order valence-electron chi connectivity index (χ3n) is 6.33. The molecule has 0 unspecified atom stereocenters. The number of hydrogen-bond donors (Lipinski definition) is 1. The van der Waals surface area contributed by atoms with E-state index in [0.717, 1.165) is 56.7 Å². The van der Waals surface area contributed by atoms with Gasteiger partial charge in [0.25, 0.3) is 6.01 Å². The van der Waals surface area contributed by atoms with Crippen molar-refractivity contribution in [2.75, 3.05) is 49.9 Å². The standard InChI is InChI=1S/C23H28N6O2/c24-21-15-17(5-8-25-21)16-27-9-6-18(7-10-27)22(30)28-11-13-29(14-12-28)23-26-19-3-1-2-4-20(19)31-23/h1-5,8,15,18H,6-7,9-14,16H2,(H2,24,25). The molecule has 0 spiro atoms. The maximum atomic E-state index is 13.1. The Labute approximate surface area is 181 Å². The number of piperidine rings is 1. The largest absolute Gasteiger partial charge is 0.423 e. The topological polar surface area (TPSA) is 91.7 Å². The van der Waals surface area contributed by atoms with Crippen LogP contribution in [-0.4, -0.2) is 64.9 Å². The zero-order valence-corrected chi connectivity index (χ0v) is 17.6. The average Bonchev–Trinajstić information content (AvgIpc) is 3.24. The quantitative estimate of drug-likeness (QED) is 0.693. The number of nitrogens with two attached hydrogens (primary N) is 1. The first-order valence-electron chi connectivity index (χ1n) is 11.0. The van der Waals surface area contributed by atoms with Crippen molar-refractivity contribution in [1.29, 1.82) is 0 Å². The zero-order valence-electron chi connectivity index (χ0n) is 17.6. The summed E-state index contributed by atoms with van der Waals surface area (Å²) in [4.78, 5) is 28.2. The maximum Gasteiger partial charge on any atom is 0.298 e. The number of anilines is 2. The Bertz CT molecular complexity index is 1020. The molecule has 8 heteroatoms. The van der Waals surface area contributed by atoms with E-state index in [2.05, 4.69) is 19.8 Å². The first kappa shape index (κ1) is 19.8. The number of hydrogen-bond acceptors (Lipinski definition) is 7. The Balaban J connectivity index is 1.11. The number of likely N-dealkylation sites (tertiary alicyclic amines) is 1. The molecule has 2 aromatic heterocycles. The predicted molar refractivity (Wildman–Crippen MR) is 119 cm³/mol. The van der Waals surface area contributed by atoms with Crippen LogP contribution in [0.15, 0.2) is 47.0 Å². The van der Waals surface area contributed by atoms with E-state index in [9.17, 15) is 4.79 Å². The molecule has 1 aromatic carbocycles. The molecule has 1 amide bonds. The number of para-hydroxylation sites is 2. The van der Waals surface area contributed by atoms with Crippen LogP contribution in [0.4, 0.5) is 11.8 Å². The number of rotatable bonds is 4. The van der Waals surface area contributed by atoms with E-state index in [1.807, 2.05) is 41.3 Å². The van der Waals surface area contributed by atoms with E-state index in [-0.39, 0.29) is 5.92 Å². The van der Waals surface area contributed by atoms with Crippen LogP contribution in [0.2, 0.25) is 0 Å². The minimum atomic E-state index is 0.120. The summed E-state index contributed by atoms with van der Waals surface area (Å²) in [5, 5.41) is 0. The second-order valence-electron chi connectivity index (χ2n) is 8.42. The molecule has 0 atom stereocenters. The van der Waals surface area contributed by atoms with E-state index >= 15 is 0 Å². The number of benzene rings is 1. The van der Waals surface area contributed by atoms with Crippen molar-refractivity contribution in [3.05, 3.63) is 48.2 Å². The van der Waals surface area contributed by atoms with Gasteiger partial charge in [0.15, 0.2) is 5.58 Å². The lowest BCUT2D eigenvalue weighted by molar-refractivity contribution is -0.137. The minimum Gasteiger partial charge on any atom is -0.423 e. The first-order chi connectivity index (χ1) is 15.2. The normalized spacial score (nSPS) is 18.6. The van der Waals surface area contributed by atoms with Crippen LogP contribution < -0.4 is 10.6 Å². The van der Waals surface area contributed by atoms with Gasteiger partial charge in [-0.1, -0.05) is 12.1 Å². The summed E-state index contributed by atoms with van der Waals surface area (Å²) in [5.41, 5.74) is 8.63. The zero-order chi connectivity index (χ0) is 21.2. The molecule has 0 radical (unpaired) electrons. The molecule has 0 bridgehead atoms. The van der Waals surface area contributed by atoms with Gasteiger partial charge in [0.2, 0.25) is 5.91 Å². The van der Waals surface area contributed by atoms with Crippen LogP contribution in [0, 0.1) is 5.92 Å². The van der Waals surface area contributed by atoms with Gasteiger partial charge < -0.3 is 20.0 Å². The molecule has 162 valence electrons. The van der Waals surface area contributed by atoms with Crippen molar-refractivity contribution >= 4 is 28.8 Å². The second-order valence-corrected chi connectivity index (χ2v) is 8.42. The SMILES string of the molecule is Nc1cc(CN2CCC(C(=O)N3CCN(c4nc5ccccc5o4)CC3)CC2)ccn1. The van der Waals surface area contributed by atoms with Crippen molar-refractivity contribution < 1.29 is 9.21 Å². The van der Waals surface area contributed by atoms with Crippen LogP contribution in [0.1, 0.15) is 18.4 Å². The average molecular weight is 421 g/mol. The summed E-state index contributed by atoms with van der Waals surface area (Å²) in [6.07, 6.45) is 3.57. The lowest BCUT2D eigenvalue weighted by Crippen LogP contribution is -2.51. The third kappa shape index (κ3) is 4.34. The molecule has 2 N–H and O–H groups in total. The molecule has 5 rings (SSSR count). The number of oxazole rings is 1. The van der Waals surface area contributed by atoms with E-state index in [1.165, 1.54) is 5.56 Å². The highest BCUT2D eigenvalue weighted by Gasteiger charge is 2.31. The van der Waals surface area contributed by atoms with Crippen molar-refractivity contribution in [3.8, 4) is 0 Å². The minimum absolute atomic E-state index is 0.120. The first-order valence-corrected chi connectivity index (χ1v) is 11.0. The number of fused-ring (bicyclic) bond motifs is 1. The van der Waals surface area contributed by atoms with Gasteiger partial charge in [-0.2, -0.15) is 4.98 Å². The molecule has 2 aliphatic heterocycles. The number of carbonyl (C=O) groups is 1. The number of piperazine rings is 1. The van der Waals surface area contributed by atoms with Crippen LogP contribution in [0.3, 0.4) is 0 Å². The highest BCUT2D eigenvalue weighted by Crippen LogP contribution is 2.25. The molecule has 0 saturated carbocycles.